The molecule has 0 aliphatic heterocycles. The van der Waals surface area contributed by atoms with Crippen molar-refractivity contribution in [3.63, 3.8) is 0 Å². The topological polar surface area (TPSA) is 43.7 Å². The minimum absolute atomic E-state index is 0.361. The molecule has 0 radical (unpaired) electrons. The summed E-state index contributed by atoms with van der Waals surface area (Å²) in [5, 5.41) is 1.03. The number of carbonyl (C=O) groups is 1. The first-order chi connectivity index (χ1) is 11.2. The number of methoxy groups -OCH3 is 1. The maximum Gasteiger partial charge on any atom is 0.419 e. The van der Waals surface area contributed by atoms with Gasteiger partial charge in [-0.05, 0) is 59.0 Å². The van der Waals surface area contributed by atoms with E-state index in [1.54, 1.807) is 17.9 Å². The van der Waals surface area contributed by atoms with Crippen molar-refractivity contribution in [2.45, 2.75) is 46.8 Å². The quantitative estimate of drug-likeness (QED) is 0.842. The lowest BCUT2D eigenvalue weighted by molar-refractivity contribution is 0.0544. The number of rotatable bonds is 4. The van der Waals surface area contributed by atoms with Crippen LogP contribution < -0.4 is 4.74 Å². The SMILES string of the molecule is CCN(C)Cc1c(OC)cc(C)c2c1ccn2C(=O)OC(C)(C)C. The molecule has 132 valence electrons. The molecule has 1 heterocycles. The first-order valence-electron chi connectivity index (χ1n) is 8.27. The molecule has 24 heavy (non-hydrogen) atoms. The van der Waals surface area contributed by atoms with Gasteiger partial charge < -0.3 is 14.4 Å². The van der Waals surface area contributed by atoms with E-state index in [1.165, 1.54) is 0 Å². The van der Waals surface area contributed by atoms with Crippen molar-refractivity contribution < 1.29 is 14.3 Å². The molecule has 0 bridgehead atoms. The zero-order chi connectivity index (χ0) is 18.1. The highest BCUT2D eigenvalue weighted by Crippen LogP contribution is 2.33. The van der Waals surface area contributed by atoms with Crippen molar-refractivity contribution in [2.75, 3.05) is 20.7 Å². The number of fused-ring (bicyclic) bond motifs is 1. The molecule has 1 aromatic heterocycles. The molecule has 0 saturated carbocycles. The molecule has 0 amide bonds. The van der Waals surface area contributed by atoms with Crippen LogP contribution >= 0.6 is 0 Å². The lowest BCUT2D eigenvalue weighted by Gasteiger charge is -2.21. The molecule has 0 aliphatic rings. The van der Waals surface area contributed by atoms with Crippen LogP contribution in [0.1, 0.15) is 38.8 Å². The van der Waals surface area contributed by atoms with Gasteiger partial charge in [0.1, 0.15) is 11.4 Å². The highest BCUT2D eigenvalue weighted by atomic mass is 16.6. The van der Waals surface area contributed by atoms with E-state index in [-0.39, 0.29) is 6.09 Å². The number of aryl methyl sites for hydroxylation is 1. The summed E-state index contributed by atoms with van der Waals surface area (Å²) in [7, 11) is 3.75. The Bertz CT molecular complexity index is 741. The Morgan fingerprint density at radius 3 is 2.54 bits per heavy atom. The van der Waals surface area contributed by atoms with Crippen LogP contribution in [-0.4, -0.2) is 41.9 Å². The second-order valence-electron chi connectivity index (χ2n) is 7.13. The highest BCUT2D eigenvalue weighted by Gasteiger charge is 2.22. The van der Waals surface area contributed by atoms with Crippen LogP contribution in [0.5, 0.6) is 5.75 Å². The monoisotopic (exact) mass is 332 g/mol. The molecule has 0 atom stereocenters. The average Bonchev–Trinajstić information content (AvgIpc) is 2.93. The van der Waals surface area contributed by atoms with Gasteiger partial charge in [-0.3, -0.25) is 4.57 Å². The molecule has 0 N–H and O–H groups in total. The second-order valence-corrected chi connectivity index (χ2v) is 7.13. The first kappa shape index (κ1) is 18.3. The summed E-state index contributed by atoms with van der Waals surface area (Å²) in [5.74, 6) is 0.849. The van der Waals surface area contributed by atoms with E-state index in [4.69, 9.17) is 9.47 Å². The second kappa shape index (κ2) is 6.85. The van der Waals surface area contributed by atoms with Crippen molar-refractivity contribution in [3.05, 3.63) is 29.5 Å². The van der Waals surface area contributed by atoms with Gasteiger partial charge in [0.2, 0.25) is 0 Å². The van der Waals surface area contributed by atoms with Gasteiger partial charge in [-0.2, -0.15) is 0 Å². The Balaban J connectivity index is 2.59. The smallest absolute Gasteiger partial charge is 0.419 e. The minimum atomic E-state index is -0.528. The fraction of sp³-hybridized carbons (Fsp3) is 0.526. The van der Waals surface area contributed by atoms with Crippen LogP contribution in [0.4, 0.5) is 4.79 Å². The van der Waals surface area contributed by atoms with Gasteiger partial charge in [0, 0.05) is 23.7 Å². The van der Waals surface area contributed by atoms with Gasteiger partial charge >= 0.3 is 6.09 Å². The van der Waals surface area contributed by atoms with Gasteiger partial charge in [-0.1, -0.05) is 6.92 Å². The van der Waals surface area contributed by atoms with Crippen LogP contribution in [0.25, 0.3) is 10.9 Å². The third-order valence-electron chi connectivity index (χ3n) is 4.01. The van der Waals surface area contributed by atoms with Gasteiger partial charge in [-0.15, -0.1) is 0 Å². The van der Waals surface area contributed by atoms with E-state index >= 15 is 0 Å². The zero-order valence-corrected chi connectivity index (χ0v) is 15.8. The summed E-state index contributed by atoms with van der Waals surface area (Å²) in [6.07, 6.45) is 1.42. The number of nitrogens with zero attached hydrogens (tertiary/aromatic N) is 2. The fourth-order valence-electron chi connectivity index (χ4n) is 2.75. The molecule has 0 saturated heterocycles. The fourth-order valence-corrected chi connectivity index (χ4v) is 2.75. The Morgan fingerprint density at radius 2 is 2.00 bits per heavy atom. The molecular weight excluding hydrogens is 304 g/mol. The summed E-state index contributed by atoms with van der Waals surface area (Å²) < 4.78 is 12.7. The van der Waals surface area contributed by atoms with Gasteiger partial charge in [0.25, 0.3) is 0 Å². The van der Waals surface area contributed by atoms with Gasteiger partial charge in [-0.25, -0.2) is 4.79 Å². The van der Waals surface area contributed by atoms with E-state index in [9.17, 15) is 4.79 Å². The van der Waals surface area contributed by atoms with E-state index < -0.39 is 5.60 Å². The van der Waals surface area contributed by atoms with E-state index in [0.29, 0.717) is 0 Å². The number of aromatic nitrogens is 1. The van der Waals surface area contributed by atoms with Crippen molar-refractivity contribution in [2.24, 2.45) is 0 Å². The van der Waals surface area contributed by atoms with Crippen LogP contribution in [0, 0.1) is 6.92 Å². The molecule has 2 rings (SSSR count). The predicted octanol–water partition coefficient (Wildman–Crippen LogP) is 4.19. The molecular formula is C19H28N2O3. The third-order valence-corrected chi connectivity index (χ3v) is 4.01. The molecule has 0 spiro atoms. The third kappa shape index (κ3) is 3.73. The van der Waals surface area contributed by atoms with Crippen LogP contribution in [-0.2, 0) is 11.3 Å². The molecule has 5 nitrogen and oxygen atoms in total. The molecule has 5 heteroatoms. The van der Waals surface area contributed by atoms with Crippen molar-refractivity contribution in [1.29, 1.82) is 0 Å². The number of hydrogen-bond donors (Lipinski definition) is 0. The highest BCUT2D eigenvalue weighted by molar-refractivity contribution is 5.95. The van der Waals surface area contributed by atoms with Crippen molar-refractivity contribution >= 4 is 17.0 Å². The standard InChI is InChI=1S/C19H28N2O3/c1-8-20(6)12-15-14-9-10-21(18(22)24-19(3,4)5)17(14)13(2)11-16(15)23-7/h9-11H,8,12H2,1-7H3. The lowest BCUT2D eigenvalue weighted by atomic mass is 10.0. The van der Waals surface area contributed by atoms with Crippen LogP contribution in [0.3, 0.4) is 0 Å². The average molecular weight is 332 g/mol. The molecule has 0 fully saturated rings. The summed E-state index contributed by atoms with van der Waals surface area (Å²) in [4.78, 5) is 14.7. The Labute approximate surface area is 144 Å². The number of ether oxygens (including phenoxy) is 2. The maximum absolute atomic E-state index is 12.5. The summed E-state index contributed by atoms with van der Waals surface area (Å²) >= 11 is 0. The number of benzene rings is 1. The zero-order valence-electron chi connectivity index (χ0n) is 15.8. The summed E-state index contributed by atoms with van der Waals surface area (Å²) in [5.41, 5.74) is 2.43. The van der Waals surface area contributed by atoms with E-state index in [0.717, 1.165) is 40.9 Å². The van der Waals surface area contributed by atoms with E-state index in [1.807, 2.05) is 39.8 Å². The van der Waals surface area contributed by atoms with Crippen LogP contribution in [0.2, 0.25) is 0 Å². The molecule has 0 unspecified atom stereocenters. The van der Waals surface area contributed by atoms with Crippen molar-refractivity contribution in [1.82, 2.24) is 9.47 Å². The Morgan fingerprint density at radius 1 is 1.33 bits per heavy atom. The summed E-state index contributed by atoms with van der Waals surface area (Å²) in [6, 6.07) is 3.95. The van der Waals surface area contributed by atoms with Gasteiger partial charge in [0.15, 0.2) is 0 Å². The minimum Gasteiger partial charge on any atom is -0.496 e. The Hall–Kier alpha value is -2.01. The number of hydrogen-bond acceptors (Lipinski definition) is 4. The molecule has 0 aliphatic carbocycles. The molecule has 2 aromatic rings. The van der Waals surface area contributed by atoms with Crippen LogP contribution in [0.15, 0.2) is 18.3 Å². The Kier molecular flexibility index (Phi) is 5.23. The largest absolute Gasteiger partial charge is 0.496 e. The first-order valence-corrected chi connectivity index (χ1v) is 8.27. The predicted molar refractivity (Wildman–Crippen MR) is 96.9 cm³/mol. The van der Waals surface area contributed by atoms with Crippen molar-refractivity contribution in [3.8, 4) is 5.75 Å². The maximum atomic E-state index is 12.5. The lowest BCUT2D eigenvalue weighted by Crippen LogP contribution is -2.26. The molecule has 1 aromatic carbocycles. The van der Waals surface area contributed by atoms with E-state index in [2.05, 4.69) is 18.9 Å². The normalized spacial score (nSPS) is 12.0. The number of carbonyl (C=O) groups excluding carboxylic acids is 1. The summed E-state index contributed by atoms with van der Waals surface area (Å²) in [6.45, 7) is 11.4. The van der Waals surface area contributed by atoms with Gasteiger partial charge in [0.05, 0.1) is 12.6 Å².